The predicted octanol–water partition coefficient (Wildman–Crippen LogP) is 5.80. The predicted molar refractivity (Wildman–Crippen MR) is 202 cm³/mol. The second-order valence-corrected chi connectivity index (χ2v) is 13.8. The molecule has 0 aromatic heterocycles. The van der Waals surface area contributed by atoms with Crippen LogP contribution in [0.5, 0.6) is 0 Å². The highest BCUT2D eigenvalue weighted by Gasteiger charge is 2.34. The number of nitro groups is 1. The zero-order valence-corrected chi connectivity index (χ0v) is 30.1. The summed E-state index contributed by atoms with van der Waals surface area (Å²) in [7, 11) is 0. The number of aliphatic hydroxyl groups excluding tert-OH is 1. The number of anilines is 1. The molecule has 2 heterocycles. The molecule has 0 bridgehead atoms. The molecule has 2 fully saturated rings. The lowest BCUT2D eigenvalue weighted by molar-refractivity contribution is -0.384. The van der Waals surface area contributed by atoms with Crippen LogP contribution in [0.4, 0.5) is 11.4 Å². The van der Waals surface area contributed by atoms with Gasteiger partial charge in [0.2, 0.25) is 11.8 Å². The number of rotatable bonds is 15. The zero-order valence-electron chi connectivity index (χ0n) is 30.1. The highest BCUT2D eigenvalue weighted by Crippen LogP contribution is 2.39. The monoisotopic (exact) mass is 737 g/mol. The van der Waals surface area contributed by atoms with Crippen molar-refractivity contribution in [1.29, 1.82) is 0 Å². The molecule has 13 heteroatoms. The van der Waals surface area contributed by atoms with Gasteiger partial charge in [-0.3, -0.25) is 29.8 Å². The van der Waals surface area contributed by atoms with Gasteiger partial charge in [-0.15, -0.1) is 0 Å². The van der Waals surface area contributed by atoms with Crippen LogP contribution >= 0.6 is 0 Å². The van der Waals surface area contributed by atoms with Crippen LogP contribution in [0.3, 0.4) is 0 Å². The number of unbranched alkanes of at least 4 members (excludes halogenated alkanes) is 1. The largest absolute Gasteiger partial charge is 0.392 e. The average Bonchev–Trinajstić information content (AvgIpc) is 3.22. The fourth-order valence-electron chi connectivity index (χ4n) is 6.90. The van der Waals surface area contributed by atoms with Crippen LogP contribution < -0.4 is 15.7 Å². The molecule has 0 spiro atoms. The zero-order chi connectivity index (χ0) is 37.9. The molecule has 3 atom stereocenters. The van der Waals surface area contributed by atoms with E-state index in [2.05, 4.69) is 21.2 Å². The minimum atomic E-state index is -0.582. The maximum Gasteiger partial charge on any atom is 0.269 e. The number of nitrogens with one attached hydrogen (secondary N) is 2. The molecule has 0 radical (unpaired) electrons. The summed E-state index contributed by atoms with van der Waals surface area (Å²) in [5.74, 6) is -0.546. The summed E-state index contributed by atoms with van der Waals surface area (Å²) in [6.45, 7) is 4.38. The standard InChI is InChI=1S/C41H47N5O8/c47-28-29-8-10-32(11-9-29)38-25-37(27-44-20-22-45(23-21-44)35-16-18-36(19-17-35)46(51)52)53-41(54-38)33-14-12-31(13-15-33)34-5-3-4-30(24-34)26-42-39(48)6-1-2-7-40(49)43-50/h3-5,8-19,24,37-38,41,47,50H,1-2,6-7,20-23,25-28H2,(H,42,48)(H,43,49)/t37-,38+,41+/m1/s1. The van der Waals surface area contributed by atoms with Gasteiger partial charge in [0.1, 0.15) is 0 Å². The lowest BCUT2D eigenvalue weighted by Crippen LogP contribution is -2.49. The Morgan fingerprint density at radius 2 is 1.48 bits per heavy atom. The number of hydrogen-bond acceptors (Lipinski definition) is 10. The van der Waals surface area contributed by atoms with Crippen molar-refractivity contribution in [2.75, 3.05) is 37.6 Å². The highest BCUT2D eigenvalue weighted by atomic mass is 16.7. The summed E-state index contributed by atoms with van der Waals surface area (Å²) in [5, 5.41) is 32.2. The Bertz CT molecular complexity index is 1850. The summed E-state index contributed by atoms with van der Waals surface area (Å²) in [6, 6.07) is 30.8. The normalized spacial score (nSPS) is 18.9. The van der Waals surface area contributed by atoms with E-state index < -0.39 is 12.2 Å². The van der Waals surface area contributed by atoms with Crippen molar-refractivity contribution in [2.24, 2.45) is 0 Å². The first-order chi connectivity index (χ1) is 26.3. The quantitative estimate of drug-likeness (QED) is 0.0507. The Morgan fingerprint density at radius 1 is 0.796 bits per heavy atom. The number of nitro benzene ring substituents is 1. The molecule has 0 aliphatic carbocycles. The minimum absolute atomic E-state index is 0.0229. The van der Waals surface area contributed by atoms with Gasteiger partial charge < -0.3 is 24.8 Å². The molecular formula is C41H47N5O8. The topological polar surface area (TPSA) is 167 Å². The first kappa shape index (κ1) is 38.5. The second-order valence-electron chi connectivity index (χ2n) is 13.8. The lowest BCUT2D eigenvalue weighted by atomic mass is 9.98. The molecule has 284 valence electrons. The number of carbonyl (C=O) groups excluding carboxylic acids is 2. The van der Waals surface area contributed by atoms with Crippen LogP contribution in [0.1, 0.15) is 66.8 Å². The Balaban J connectivity index is 1.08. The van der Waals surface area contributed by atoms with Crippen LogP contribution in [-0.2, 0) is 32.2 Å². The maximum absolute atomic E-state index is 12.3. The molecule has 2 aliphatic rings. The molecular weight excluding hydrogens is 690 g/mol. The third-order valence-electron chi connectivity index (χ3n) is 9.99. The van der Waals surface area contributed by atoms with Gasteiger partial charge in [-0.1, -0.05) is 66.7 Å². The third-order valence-corrected chi connectivity index (χ3v) is 9.99. The molecule has 4 aromatic rings. The second kappa shape index (κ2) is 18.7. The number of carbonyl (C=O) groups is 2. The van der Waals surface area contributed by atoms with Crippen molar-refractivity contribution in [3.63, 3.8) is 0 Å². The van der Waals surface area contributed by atoms with Crippen LogP contribution in [0.25, 0.3) is 11.1 Å². The molecule has 13 nitrogen and oxygen atoms in total. The molecule has 4 aromatic carbocycles. The van der Waals surface area contributed by atoms with Gasteiger partial charge in [-0.2, -0.15) is 0 Å². The summed E-state index contributed by atoms with van der Waals surface area (Å²) in [4.78, 5) is 38.8. The summed E-state index contributed by atoms with van der Waals surface area (Å²) >= 11 is 0. The average molecular weight is 738 g/mol. The number of hydroxylamine groups is 1. The van der Waals surface area contributed by atoms with Crippen molar-refractivity contribution < 1.29 is 34.3 Å². The van der Waals surface area contributed by atoms with E-state index in [1.807, 2.05) is 78.9 Å². The number of ether oxygens (including phenoxy) is 2. The molecule has 2 saturated heterocycles. The smallest absolute Gasteiger partial charge is 0.269 e. The number of hydrogen-bond donors (Lipinski definition) is 4. The maximum atomic E-state index is 12.3. The van der Waals surface area contributed by atoms with Gasteiger partial charge in [0.05, 0.1) is 23.7 Å². The van der Waals surface area contributed by atoms with E-state index in [9.17, 15) is 24.8 Å². The number of aliphatic hydroxyl groups is 1. The molecule has 54 heavy (non-hydrogen) atoms. The number of nitrogens with zero attached hydrogens (tertiary/aromatic N) is 3. The molecule has 2 amide bonds. The van der Waals surface area contributed by atoms with Gasteiger partial charge in [-0.25, -0.2) is 5.48 Å². The number of amides is 2. The van der Waals surface area contributed by atoms with Gasteiger partial charge in [-0.05, 0) is 58.9 Å². The van der Waals surface area contributed by atoms with Crippen molar-refractivity contribution >= 4 is 23.2 Å². The van der Waals surface area contributed by atoms with Crippen LogP contribution in [0.2, 0.25) is 0 Å². The molecule has 6 rings (SSSR count). The number of non-ortho nitro benzene ring substituents is 1. The molecule has 4 N–H and O–H groups in total. The minimum Gasteiger partial charge on any atom is -0.392 e. The van der Waals surface area contributed by atoms with Crippen molar-refractivity contribution in [3.05, 3.63) is 129 Å². The number of benzene rings is 4. The first-order valence-corrected chi connectivity index (χ1v) is 18.4. The van der Waals surface area contributed by atoms with E-state index in [1.54, 1.807) is 17.6 Å². The SMILES string of the molecule is O=C(CCCCC(=O)NCc1cccc(-c2ccc([C@H]3O[C@@H](CN4CCN(c5ccc([N+](=O)[O-])cc5)CC4)C[C@@H](c4ccc(CO)cc4)O3)cc2)c1)NO. The van der Waals surface area contributed by atoms with Gasteiger partial charge >= 0.3 is 0 Å². The summed E-state index contributed by atoms with van der Waals surface area (Å²) in [5.41, 5.74) is 8.44. The van der Waals surface area contributed by atoms with Crippen molar-refractivity contribution in [3.8, 4) is 11.1 Å². The van der Waals surface area contributed by atoms with Crippen LogP contribution in [-0.4, -0.2) is 70.8 Å². The lowest BCUT2D eigenvalue weighted by Gasteiger charge is -2.41. The Kier molecular flexibility index (Phi) is 13.4. The van der Waals surface area contributed by atoms with Crippen molar-refractivity contribution in [2.45, 2.75) is 63.8 Å². The van der Waals surface area contributed by atoms with Crippen LogP contribution in [0, 0.1) is 10.1 Å². The van der Waals surface area contributed by atoms with E-state index in [4.69, 9.17) is 14.7 Å². The molecule has 0 unspecified atom stereocenters. The Hall–Kier alpha value is -5.18. The first-order valence-electron chi connectivity index (χ1n) is 18.4. The van der Waals surface area contributed by atoms with E-state index >= 15 is 0 Å². The van der Waals surface area contributed by atoms with Gasteiger partial charge in [0, 0.05) is 81.9 Å². The van der Waals surface area contributed by atoms with Crippen molar-refractivity contribution in [1.82, 2.24) is 15.7 Å². The summed E-state index contributed by atoms with van der Waals surface area (Å²) in [6.07, 6.45) is 1.37. The van der Waals surface area contributed by atoms with Crippen LogP contribution in [0.15, 0.2) is 97.1 Å². The van der Waals surface area contributed by atoms with Gasteiger partial charge in [0.25, 0.3) is 5.69 Å². The fraction of sp³-hybridized carbons (Fsp3) is 0.366. The fourth-order valence-corrected chi connectivity index (χ4v) is 6.90. The Labute approximate surface area is 314 Å². The van der Waals surface area contributed by atoms with Gasteiger partial charge in [0.15, 0.2) is 6.29 Å². The summed E-state index contributed by atoms with van der Waals surface area (Å²) < 4.78 is 13.2. The number of piperazine rings is 1. The molecule has 0 saturated carbocycles. The Morgan fingerprint density at radius 3 is 2.15 bits per heavy atom. The molecule has 2 aliphatic heterocycles. The third kappa shape index (κ3) is 10.5. The van der Waals surface area contributed by atoms with E-state index in [-0.39, 0.29) is 41.8 Å². The highest BCUT2D eigenvalue weighted by molar-refractivity contribution is 5.76. The van der Waals surface area contributed by atoms with E-state index in [0.29, 0.717) is 32.2 Å². The van der Waals surface area contributed by atoms with E-state index in [0.717, 1.165) is 71.8 Å². The van der Waals surface area contributed by atoms with E-state index in [1.165, 1.54) is 0 Å².